The van der Waals surface area contributed by atoms with Crippen LogP contribution in [0.2, 0.25) is 0 Å². The number of methoxy groups -OCH3 is 2. The number of amidine groups is 1. The van der Waals surface area contributed by atoms with Crippen molar-refractivity contribution in [3.63, 3.8) is 0 Å². The van der Waals surface area contributed by atoms with Gasteiger partial charge in [0.15, 0.2) is 5.84 Å². The zero-order chi connectivity index (χ0) is 27.9. The molecule has 0 bridgehead atoms. The highest BCUT2D eigenvalue weighted by Crippen LogP contribution is 2.36. The molecular formula is C28H31FN6O4. The van der Waals surface area contributed by atoms with Gasteiger partial charge in [0.1, 0.15) is 29.4 Å². The number of aromatic amines is 1. The zero-order valence-corrected chi connectivity index (χ0v) is 21.8. The predicted molar refractivity (Wildman–Crippen MR) is 144 cm³/mol. The van der Waals surface area contributed by atoms with Gasteiger partial charge < -0.3 is 25.5 Å². The minimum Gasteiger partial charge on any atom is -0.496 e. The Morgan fingerprint density at radius 2 is 1.90 bits per heavy atom. The summed E-state index contributed by atoms with van der Waals surface area (Å²) >= 11 is 0. The van der Waals surface area contributed by atoms with E-state index in [0.717, 1.165) is 42.2 Å². The van der Waals surface area contributed by atoms with E-state index in [2.05, 4.69) is 15.3 Å². The number of amides is 1. The van der Waals surface area contributed by atoms with Crippen LogP contribution >= 0.6 is 0 Å². The number of H-pyrrole nitrogens is 1. The van der Waals surface area contributed by atoms with Crippen molar-refractivity contribution in [3.8, 4) is 17.0 Å². The van der Waals surface area contributed by atoms with Gasteiger partial charge in [-0.3, -0.25) is 15.0 Å². The number of imidazole rings is 1. The number of halogens is 1. The van der Waals surface area contributed by atoms with Crippen LogP contribution in [-0.2, 0) is 16.1 Å². The SMILES string of the molecule is COC(=O)C1CCC(c2nc(-c3ccc(CNC(=O)c4cc(F)ccc4OC)cc3)c(C(N)=NC=N)[nH]2)CC1. The molecule has 1 heterocycles. The highest BCUT2D eigenvalue weighted by atomic mass is 19.1. The van der Waals surface area contributed by atoms with Crippen LogP contribution in [-0.4, -0.2) is 48.2 Å². The van der Waals surface area contributed by atoms with Crippen LogP contribution in [0.25, 0.3) is 11.3 Å². The van der Waals surface area contributed by atoms with Crippen LogP contribution in [0, 0.1) is 17.1 Å². The third kappa shape index (κ3) is 6.31. The Kier molecular flexibility index (Phi) is 8.70. The van der Waals surface area contributed by atoms with Gasteiger partial charge in [0.05, 0.1) is 31.4 Å². The van der Waals surface area contributed by atoms with Crippen molar-refractivity contribution in [2.75, 3.05) is 14.2 Å². The van der Waals surface area contributed by atoms with Crippen molar-refractivity contribution in [2.24, 2.45) is 16.6 Å². The number of carbonyl (C=O) groups is 2. The van der Waals surface area contributed by atoms with E-state index in [0.29, 0.717) is 24.2 Å². The minimum absolute atomic E-state index is 0.0975. The highest BCUT2D eigenvalue weighted by Gasteiger charge is 2.30. The number of hydrogen-bond acceptors (Lipinski definition) is 6. The summed E-state index contributed by atoms with van der Waals surface area (Å²) < 4.78 is 23.7. The molecule has 39 heavy (non-hydrogen) atoms. The Morgan fingerprint density at radius 1 is 1.18 bits per heavy atom. The van der Waals surface area contributed by atoms with Crippen LogP contribution < -0.4 is 15.8 Å². The number of rotatable bonds is 9. The van der Waals surface area contributed by atoms with Crippen LogP contribution in [0.4, 0.5) is 4.39 Å². The van der Waals surface area contributed by atoms with E-state index in [1.165, 1.54) is 26.4 Å². The fraction of sp³-hybridized carbons (Fsp3) is 0.321. The topological polar surface area (TPSA) is 156 Å². The molecule has 1 aliphatic rings. The van der Waals surface area contributed by atoms with Gasteiger partial charge in [0.2, 0.25) is 0 Å². The molecule has 1 aromatic heterocycles. The second-order valence-electron chi connectivity index (χ2n) is 9.29. The molecule has 0 saturated heterocycles. The molecule has 5 N–H and O–H groups in total. The second-order valence-corrected chi connectivity index (χ2v) is 9.29. The summed E-state index contributed by atoms with van der Waals surface area (Å²) in [6.07, 6.45) is 3.87. The summed E-state index contributed by atoms with van der Waals surface area (Å²) in [4.78, 5) is 36.6. The number of benzene rings is 2. The molecule has 3 aromatic rings. The fourth-order valence-electron chi connectivity index (χ4n) is 4.80. The number of esters is 1. The quantitative estimate of drug-likeness (QED) is 0.185. The minimum atomic E-state index is -0.526. The maximum atomic E-state index is 13.6. The Hall–Kier alpha value is -4.54. The van der Waals surface area contributed by atoms with Crippen molar-refractivity contribution in [2.45, 2.75) is 38.1 Å². The highest BCUT2D eigenvalue weighted by molar-refractivity contribution is 6.04. The summed E-state index contributed by atoms with van der Waals surface area (Å²) in [6, 6.07) is 11.2. The maximum absolute atomic E-state index is 13.6. The smallest absolute Gasteiger partial charge is 0.308 e. The van der Waals surface area contributed by atoms with E-state index in [1.807, 2.05) is 24.3 Å². The molecule has 1 amide bonds. The number of hydrogen-bond donors (Lipinski definition) is 4. The molecule has 0 spiro atoms. The average Bonchev–Trinajstić information content (AvgIpc) is 3.41. The molecule has 1 saturated carbocycles. The third-order valence-corrected chi connectivity index (χ3v) is 6.92. The molecule has 204 valence electrons. The van der Waals surface area contributed by atoms with Crippen LogP contribution in [0.1, 0.15) is 59.0 Å². The van der Waals surface area contributed by atoms with E-state index >= 15 is 0 Å². The van der Waals surface area contributed by atoms with Crippen molar-refractivity contribution in [1.82, 2.24) is 15.3 Å². The first-order valence-corrected chi connectivity index (χ1v) is 12.6. The van der Waals surface area contributed by atoms with Gasteiger partial charge >= 0.3 is 5.97 Å². The second kappa shape index (κ2) is 12.3. The molecule has 1 fully saturated rings. The molecule has 1 aliphatic carbocycles. The lowest BCUT2D eigenvalue weighted by molar-refractivity contribution is -0.146. The molecule has 0 aliphatic heterocycles. The first-order chi connectivity index (χ1) is 18.8. The van der Waals surface area contributed by atoms with Gasteiger partial charge in [0.25, 0.3) is 5.91 Å². The molecule has 10 nitrogen and oxygen atoms in total. The number of aromatic nitrogens is 2. The van der Waals surface area contributed by atoms with Crippen molar-refractivity contribution in [3.05, 3.63) is 70.9 Å². The van der Waals surface area contributed by atoms with Gasteiger partial charge in [0, 0.05) is 18.0 Å². The van der Waals surface area contributed by atoms with Gasteiger partial charge in [-0.15, -0.1) is 0 Å². The first-order valence-electron chi connectivity index (χ1n) is 12.6. The lowest BCUT2D eigenvalue weighted by atomic mass is 9.81. The molecule has 2 aromatic carbocycles. The predicted octanol–water partition coefficient (Wildman–Crippen LogP) is 3.91. The Balaban J connectivity index is 1.50. The number of carbonyl (C=O) groups excluding carboxylic acids is 2. The summed E-state index contributed by atoms with van der Waals surface area (Å²) in [5, 5.41) is 10.1. The Bertz CT molecular complexity index is 1380. The molecular weight excluding hydrogens is 503 g/mol. The molecule has 0 atom stereocenters. The van der Waals surface area contributed by atoms with Crippen molar-refractivity contribution >= 4 is 24.1 Å². The largest absolute Gasteiger partial charge is 0.496 e. The lowest BCUT2D eigenvalue weighted by Crippen LogP contribution is -2.23. The van der Waals surface area contributed by atoms with Gasteiger partial charge in [-0.25, -0.2) is 14.4 Å². The van der Waals surface area contributed by atoms with Gasteiger partial charge in [-0.1, -0.05) is 24.3 Å². The average molecular weight is 535 g/mol. The Labute approximate surface area is 225 Å². The van der Waals surface area contributed by atoms with E-state index in [4.69, 9.17) is 25.6 Å². The van der Waals surface area contributed by atoms with E-state index < -0.39 is 11.7 Å². The number of nitrogens with zero attached hydrogens (tertiary/aromatic N) is 2. The molecule has 0 unspecified atom stereocenters. The van der Waals surface area contributed by atoms with Crippen molar-refractivity contribution < 1.29 is 23.5 Å². The van der Waals surface area contributed by atoms with Crippen LogP contribution in [0.5, 0.6) is 5.75 Å². The Morgan fingerprint density at radius 3 is 2.54 bits per heavy atom. The third-order valence-electron chi connectivity index (χ3n) is 6.92. The number of ether oxygens (including phenoxy) is 2. The summed E-state index contributed by atoms with van der Waals surface area (Å²) in [6.45, 7) is 0.221. The van der Waals surface area contributed by atoms with E-state index in [1.54, 1.807) is 0 Å². The molecule has 0 radical (unpaired) electrons. The monoisotopic (exact) mass is 534 g/mol. The maximum Gasteiger partial charge on any atom is 0.308 e. The lowest BCUT2D eigenvalue weighted by Gasteiger charge is -2.25. The standard InChI is InChI=1S/C28H31FN6O4/c1-38-22-12-11-20(29)13-21(22)27(36)32-14-16-3-5-17(6-4-16)23-24(25(31)33-15-30)35-26(34-23)18-7-9-19(10-8-18)28(37)39-2/h3-6,11-13,15,18-19H,7-10,14H2,1-2H3,(H,32,36)(H,34,35)(H3,30,31,33). The van der Waals surface area contributed by atoms with Crippen LogP contribution in [0.3, 0.4) is 0 Å². The molecule has 4 rings (SSSR count). The summed E-state index contributed by atoms with van der Waals surface area (Å²) in [7, 11) is 2.83. The molecule has 11 heteroatoms. The fourth-order valence-corrected chi connectivity index (χ4v) is 4.80. The zero-order valence-electron chi connectivity index (χ0n) is 21.8. The van der Waals surface area contributed by atoms with Crippen LogP contribution in [0.15, 0.2) is 47.5 Å². The number of nitrogens with one attached hydrogen (secondary N) is 3. The number of nitrogens with two attached hydrogens (primary N) is 1. The summed E-state index contributed by atoms with van der Waals surface area (Å²) in [5.74, 6) is 0.0560. The normalized spacial score (nSPS) is 17.4. The van der Waals surface area contributed by atoms with Gasteiger partial charge in [-0.2, -0.15) is 0 Å². The first kappa shape index (κ1) is 27.5. The van der Waals surface area contributed by atoms with E-state index in [9.17, 15) is 14.0 Å². The number of aliphatic imine (C=N–C) groups is 1. The van der Waals surface area contributed by atoms with Crippen molar-refractivity contribution in [1.29, 1.82) is 5.41 Å². The summed E-state index contributed by atoms with van der Waals surface area (Å²) in [5.41, 5.74) is 8.98. The van der Waals surface area contributed by atoms with Gasteiger partial charge in [-0.05, 0) is 49.4 Å². The van der Waals surface area contributed by atoms with E-state index in [-0.39, 0.29) is 41.5 Å².